The molecular formula is C21H16Cl2N2O7. The Morgan fingerprint density at radius 1 is 1.12 bits per heavy atom. The Kier molecular flexibility index (Phi) is 7.01. The highest BCUT2D eigenvalue weighted by atomic mass is 35.5. The van der Waals surface area contributed by atoms with Gasteiger partial charge in [0.05, 0.1) is 17.3 Å². The second-order valence-electron chi connectivity index (χ2n) is 6.38. The van der Waals surface area contributed by atoms with Crippen molar-refractivity contribution in [2.75, 3.05) is 18.1 Å². The van der Waals surface area contributed by atoms with Crippen LogP contribution in [0.25, 0.3) is 6.08 Å². The number of rotatable bonds is 7. The lowest BCUT2D eigenvalue weighted by molar-refractivity contribution is -0.139. The Morgan fingerprint density at radius 2 is 1.81 bits per heavy atom. The van der Waals surface area contributed by atoms with Crippen LogP contribution in [-0.2, 0) is 14.4 Å². The van der Waals surface area contributed by atoms with E-state index >= 15 is 0 Å². The van der Waals surface area contributed by atoms with Gasteiger partial charge in [0.1, 0.15) is 5.57 Å². The van der Waals surface area contributed by atoms with Crippen molar-refractivity contribution in [3.05, 3.63) is 57.6 Å². The Hall–Kier alpha value is -3.56. The van der Waals surface area contributed by atoms with Crippen LogP contribution in [-0.4, -0.2) is 42.1 Å². The van der Waals surface area contributed by atoms with E-state index in [1.165, 1.54) is 42.5 Å². The first-order chi connectivity index (χ1) is 15.2. The number of urea groups is 1. The summed E-state index contributed by atoms with van der Waals surface area (Å²) >= 11 is 12.1. The minimum absolute atomic E-state index is 0.00968. The highest BCUT2D eigenvalue weighted by Crippen LogP contribution is 2.37. The molecule has 1 heterocycles. The lowest BCUT2D eigenvalue weighted by Gasteiger charge is -2.26. The van der Waals surface area contributed by atoms with Crippen LogP contribution < -0.4 is 19.7 Å². The molecule has 0 aliphatic carbocycles. The third kappa shape index (κ3) is 5.01. The lowest BCUT2D eigenvalue weighted by Crippen LogP contribution is -2.54. The van der Waals surface area contributed by atoms with Crippen molar-refractivity contribution in [3.63, 3.8) is 0 Å². The van der Waals surface area contributed by atoms with E-state index in [9.17, 15) is 19.2 Å². The van der Waals surface area contributed by atoms with E-state index in [0.29, 0.717) is 10.6 Å². The van der Waals surface area contributed by atoms with Gasteiger partial charge in [0.2, 0.25) is 0 Å². The van der Waals surface area contributed by atoms with Crippen molar-refractivity contribution in [1.29, 1.82) is 0 Å². The Balaban J connectivity index is 2.00. The molecule has 1 fully saturated rings. The molecule has 32 heavy (non-hydrogen) atoms. The molecule has 9 nitrogen and oxygen atoms in total. The number of carboxylic acid groups (broad SMARTS) is 1. The Morgan fingerprint density at radius 3 is 2.44 bits per heavy atom. The maximum absolute atomic E-state index is 13.0. The lowest BCUT2D eigenvalue weighted by atomic mass is 10.1. The third-order valence-electron chi connectivity index (χ3n) is 4.17. The number of ether oxygens (including phenoxy) is 2. The molecule has 0 unspecified atom stereocenters. The Labute approximate surface area is 192 Å². The first kappa shape index (κ1) is 23.1. The van der Waals surface area contributed by atoms with Crippen molar-refractivity contribution in [2.45, 2.75) is 6.92 Å². The number of anilines is 1. The number of halogens is 2. The van der Waals surface area contributed by atoms with E-state index in [1.807, 2.05) is 0 Å². The predicted molar refractivity (Wildman–Crippen MR) is 116 cm³/mol. The zero-order valence-electron chi connectivity index (χ0n) is 16.6. The molecule has 2 aromatic carbocycles. The van der Waals surface area contributed by atoms with E-state index in [4.69, 9.17) is 37.8 Å². The summed E-state index contributed by atoms with van der Waals surface area (Å²) in [6.45, 7) is 1.28. The molecule has 0 bridgehead atoms. The van der Waals surface area contributed by atoms with Gasteiger partial charge in [-0.3, -0.25) is 14.9 Å². The molecule has 0 atom stereocenters. The van der Waals surface area contributed by atoms with E-state index in [-0.39, 0.29) is 34.4 Å². The molecule has 4 amide bonds. The number of barbiturate groups is 1. The standard InChI is InChI=1S/C21H16Cl2N2O7/c1-2-31-16-9-11(8-15(23)18(16)32-10-17(26)27)7-14-19(28)24-21(30)25(20(14)29)13-5-3-12(22)4-6-13/h3-9H,2,10H2,1H3,(H,26,27)(H,24,28,30)/b14-7-. The van der Waals surface area contributed by atoms with E-state index < -0.39 is 30.4 Å². The van der Waals surface area contributed by atoms with Crippen molar-refractivity contribution in [1.82, 2.24) is 5.32 Å². The highest BCUT2D eigenvalue weighted by molar-refractivity contribution is 6.39. The summed E-state index contributed by atoms with van der Waals surface area (Å²) < 4.78 is 10.6. The van der Waals surface area contributed by atoms with Crippen molar-refractivity contribution < 1.29 is 33.8 Å². The summed E-state index contributed by atoms with van der Waals surface area (Å²) in [5, 5.41) is 11.4. The minimum atomic E-state index is -1.20. The van der Waals surface area contributed by atoms with Gasteiger partial charge in [0.25, 0.3) is 11.8 Å². The first-order valence-electron chi connectivity index (χ1n) is 9.19. The molecule has 0 aromatic heterocycles. The fourth-order valence-electron chi connectivity index (χ4n) is 2.86. The largest absolute Gasteiger partial charge is 0.490 e. The molecule has 3 rings (SSSR count). The van der Waals surface area contributed by atoms with Gasteiger partial charge in [-0.2, -0.15) is 0 Å². The van der Waals surface area contributed by atoms with Crippen LogP contribution in [0.1, 0.15) is 12.5 Å². The Bertz CT molecular complexity index is 1130. The zero-order valence-corrected chi connectivity index (χ0v) is 18.1. The SMILES string of the molecule is CCOc1cc(/C=C2/C(=O)NC(=O)N(c3ccc(Cl)cc3)C2=O)cc(Cl)c1OCC(=O)O. The molecule has 2 aromatic rings. The number of imide groups is 2. The fourth-order valence-corrected chi connectivity index (χ4v) is 3.26. The molecule has 11 heteroatoms. The normalized spacial score (nSPS) is 15.0. The third-order valence-corrected chi connectivity index (χ3v) is 4.70. The summed E-state index contributed by atoms with van der Waals surface area (Å²) in [5.74, 6) is -2.80. The number of carbonyl (C=O) groups is 4. The maximum Gasteiger partial charge on any atom is 0.341 e. The number of carboxylic acids is 1. The van der Waals surface area contributed by atoms with E-state index in [2.05, 4.69) is 5.32 Å². The molecule has 2 N–H and O–H groups in total. The van der Waals surface area contributed by atoms with Crippen LogP contribution in [0.4, 0.5) is 10.5 Å². The van der Waals surface area contributed by atoms with Crippen molar-refractivity contribution in [2.24, 2.45) is 0 Å². The van der Waals surface area contributed by atoms with Gasteiger partial charge in [0.15, 0.2) is 18.1 Å². The van der Waals surface area contributed by atoms with Gasteiger partial charge in [0, 0.05) is 5.02 Å². The number of amides is 4. The number of carbonyl (C=O) groups excluding carboxylic acids is 3. The van der Waals surface area contributed by atoms with Crippen LogP contribution in [0.15, 0.2) is 42.0 Å². The van der Waals surface area contributed by atoms with Crippen molar-refractivity contribution >= 4 is 58.8 Å². The van der Waals surface area contributed by atoms with Gasteiger partial charge in [-0.25, -0.2) is 14.5 Å². The highest BCUT2D eigenvalue weighted by Gasteiger charge is 2.36. The number of nitrogens with zero attached hydrogens (tertiary/aromatic N) is 1. The average Bonchev–Trinajstić information content (AvgIpc) is 2.72. The van der Waals surface area contributed by atoms with E-state index in [1.54, 1.807) is 6.92 Å². The first-order valence-corrected chi connectivity index (χ1v) is 9.94. The fraction of sp³-hybridized carbons (Fsp3) is 0.143. The summed E-state index contributed by atoms with van der Waals surface area (Å²) in [7, 11) is 0. The molecule has 0 radical (unpaired) electrons. The van der Waals surface area contributed by atoms with Crippen molar-refractivity contribution in [3.8, 4) is 11.5 Å². The molecule has 0 saturated carbocycles. The van der Waals surface area contributed by atoms with Gasteiger partial charge in [-0.05, 0) is 55.0 Å². The molecule has 0 spiro atoms. The summed E-state index contributed by atoms with van der Waals surface area (Å²) in [4.78, 5) is 49.2. The van der Waals surface area contributed by atoms with Gasteiger partial charge >= 0.3 is 12.0 Å². The number of hydrogen-bond donors (Lipinski definition) is 2. The second-order valence-corrected chi connectivity index (χ2v) is 7.22. The van der Waals surface area contributed by atoms with Crippen LogP contribution in [0.2, 0.25) is 10.0 Å². The van der Waals surface area contributed by atoms with Gasteiger partial charge in [-0.15, -0.1) is 0 Å². The number of benzene rings is 2. The van der Waals surface area contributed by atoms with Crippen LogP contribution >= 0.6 is 23.2 Å². The quantitative estimate of drug-likeness (QED) is 0.460. The molecule has 1 aliphatic rings. The smallest absolute Gasteiger partial charge is 0.341 e. The molecule has 1 aliphatic heterocycles. The molecule has 166 valence electrons. The second kappa shape index (κ2) is 9.71. The van der Waals surface area contributed by atoms with Gasteiger partial charge in [-0.1, -0.05) is 23.2 Å². The summed E-state index contributed by atoms with van der Waals surface area (Å²) in [6.07, 6.45) is 1.24. The monoisotopic (exact) mass is 478 g/mol. The van der Waals surface area contributed by atoms with Crippen LogP contribution in [0, 0.1) is 0 Å². The molecule has 1 saturated heterocycles. The summed E-state index contributed by atoms with van der Waals surface area (Å²) in [6, 6.07) is 7.84. The number of nitrogens with one attached hydrogen (secondary N) is 1. The zero-order chi connectivity index (χ0) is 23.4. The average molecular weight is 479 g/mol. The topological polar surface area (TPSA) is 122 Å². The van der Waals surface area contributed by atoms with Crippen LogP contribution in [0.3, 0.4) is 0 Å². The van der Waals surface area contributed by atoms with Crippen LogP contribution in [0.5, 0.6) is 11.5 Å². The number of aliphatic carboxylic acids is 1. The predicted octanol–water partition coefficient (Wildman–Crippen LogP) is 3.52. The minimum Gasteiger partial charge on any atom is -0.490 e. The van der Waals surface area contributed by atoms with E-state index in [0.717, 1.165) is 4.90 Å². The molecular weight excluding hydrogens is 463 g/mol. The van der Waals surface area contributed by atoms with Gasteiger partial charge < -0.3 is 14.6 Å². The summed E-state index contributed by atoms with van der Waals surface area (Å²) in [5.41, 5.74) is 0.197. The maximum atomic E-state index is 13.0. The number of hydrogen-bond acceptors (Lipinski definition) is 6.